The summed E-state index contributed by atoms with van der Waals surface area (Å²) in [5.41, 5.74) is 3.75. The second-order valence-corrected chi connectivity index (χ2v) is 7.32. The van der Waals surface area contributed by atoms with Crippen LogP contribution in [0.2, 0.25) is 0 Å². The van der Waals surface area contributed by atoms with Crippen molar-refractivity contribution in [1.82, 2.24) is 9.97 Å². The van der Waals surface area contributed by atoms with Crippen LogP contribution in [0, 0.1) is 0 Å². The van der Waals surface area contributed by atoms with Crippen LogP contribution < -0.4 is 0 Å². The second kappa shape index (κ2) is 5.33. The molecule has 4 aromatic rings. The molecule has 0 N–H and O–H groups in total. The molecule has 0 aliphatic rings. The van der Waals surface area contributed by atoms with Gasteiger partial charge in [-0.05, 0) is 41.1 Å². The fourth-order valence-corrected chi connectivity index (χ4v) is 3.98. The lowest BCUT2D eigenvalue weighted by atomic mass is 10.2. The van der Waals surface area contributed by atoms with E-state index >= 15 is 0 Å². The summed E-state index contributed by atoms with van der Waals surface area (Å²) in [6.07, 6.45) is 0. The number of nitrogens with zero attached hydrogens (tertiary/aromatic N) is 2. The Morgan fingerprint density at radius 1 is 0.762 bits per heavy atom. The molecule has 0 aliphatic heterocycles. The summed E-state index contributed by atoms with van der Waals surface area (Å²) in [7, 11) is 0. The SMILES string of the molecule is Brc1ccc2nc(-c3cccs3)c(-c3cccs3)nc2c1. The predicted octanol–water partition coefficient (Wildman–Crippen LogP) is 5.85. The molecule has 1 aromatic carbocycles. The van der Waals surface area contributed by atoms with Gasteiger partial charge < -0.3 is 0 Å². The van der Waals surface area contributed by atoms with E-state index in [2.05, 4.69) is 38.8 Å². The molecule has 0 aliphatic carbocycles. The van der Waals surface area contributed by atoms with Crippen molar-refractivity contribution >= 4 is 49.6 Å². The fourth-order valence-electron chi connectivity index (χ4n) is 2.20. The molecule has 0 bridgehead atoms. The topological polar surface area (TPSA) is 25.8 Å². The Morgan fingerprint density at radius 2 is 1.38 bits per heavy atom. The number of hydrogen-bond acceptors (Lipinski definition) is 4. The van der Waals surface area contributed by atoms with E-state index in [-0.39, 0.29) is 0 Å². The quantitative estimate of drug-likeness (QED) is 0.441. The van der Waals surface area contributed by atoms with E-state index in [1.807, 2.05) is 30.3 Å². The minimum Gasteiger partial charge on any atom is -0.243 e. The van der Waals surface area contributed by atoms with E-state index < -0.39 is 0 Å². The summed E-state index contributed by atoms with van der Waals surface area (Å²) in [5.74, 6) is 0. The Hall–Kier alpha value is -1.56. The van der Waals surface area contributed by atoms with Gasteiger partial charge in [0.2, 0.25) is 0 Å². The molecule has 4 rings (SSSR count). The maximum atomic E-state index is 4.86. The van der Waals surface area contributed by atoms with Gasteiger partial charge in [0.15, 0.2) is 0 Å². The molecule has 0 atom stereocenters. The number of aromatic nitrogens is 2. The van der Waals surface area contributed by atoms with E-state index in [4.69, 9.17) is 9.97 Å². The number of fused-ring (bicyclic) bond motifs is 1. The summed E-state index contributed by atoms with van der Waals surface area (Å²) in [6, 6.07) is 14.3. The van der Waals surface area contributed by atoms with Crippen LogP contribution in [0.15, 0.2) is 57.7 Å². The number of hydrogen-bond donors (Lipinski definition) is 0. The van der Waals surface area contributed by atoms with Gasteiger partial charge in [-0.1, -0.05) is 28.1 Å². The number of benzene rings is 1. The van der Waals surface area contributed by atoms with Crippen LogP contribution in [0.25, 0.3) is 32.2 Å². The summed E-state index contributed by atoms with van der Waals surface area (Å²) >= 11 is 6.88. The van der Waals surface area contributed by atoms with Crippen LogP contribution in [-0.2, 0) is 0 Å². The van der Waals surface area contributed by atoms with Gasteiger partial charge in [-0.15, -0.1) is 22.7 Å². The van der Waals surface area contributed by atoms with Crippen molar-refractivity contribution in [3.63, 3.8) is 0 Å². The van der Waals surface area contributed by atoms with Crippen molar-refractivity contribution in [2.24, 2.45) is 0 Å². The molecule has 0 amide bonds. The molecule has 102 valence electrons. The Labute approximate surface area is 138 Å². The molecular formula is C16H9BrN2S2. The lowest BCUT2D eigenvalue weighted by molar-refractivity contribution is 1.31. The van der Waals surface area contributed by atoms with E-state index in [9.17, 15) is 0 Å². The Morgan fingerprint density at radius 3 is 1.95 bits per heavy atom. The number of rotatable bonds is 2. The summed E-state index contributed by atoms with van der Waals surface area (Å²) in [5, 5.41) is 4.14. The third-order valence-corrected chi connectivity index (χ3v) is 5.38. The van der Waals surface area contributed by atoms with Crippen molar-refractivity contribution in [3.8, 4) is 21.1 Å². The van der Waals surface area contributed by atoms with E-state index in [0.29, 0.717) is 0 Å². The largest absolute Gasteiger partial charge is 0.243 e. The zero-order valence-electron chi connectivity index (χ0n) is 10.8. The first-order valence-corrected chi connectivity index (χ1v) is 8.91. The van der Waals surface area contributed by atoms with Crippen LogP contribution in [0.4, 0.5) is 0 Å². The van der Waals surface area contributed by atoms with Gasteiger partial charge in [-0.3, -0.25) is 0 Å². The van der Waals surface area contributed by atoms with Gasteiger partial charge in [0, 0.05) is 4.47 Å². The van der Waals surface area contributed by atoms with Gasteiger partial charge in [-0.25, -0.2) is 9.97 Å². The van der Waals surface area contributed by atoms with Crippen LogP contribution in [0.5, 0.6) is 0 Å². The van der Waals surface area contributed by atoms with Gasteiger partial charge in [0.1, 0.15) is 11.4 Å². The van der Waals surface area contributed by atoms with Gasteiger partial charge in [0.05, 0.1) is 20.8 Å². The smallest absolute Gasteiger partial charge is 0.108 e. The normalized spacial score (nSPS) is 11.1. The van der Waals surface area contributed by atoms with Crippen LogP contribution in [-0.4, -0.2) is 9.97 Å². The van der Waals surface area contributed by atoms with Gasteiger partial charge >= 0.3 is 0 Å². The third kappa shape index (κ3) is 2.41. The average Bonchev–Trinajstić information content (AvgIpc) is 3.19. The zero-order chi connectivity index (χ0) is 14.2. The van der Waals surface area contributed by atoms with E-state index in [0.717, 1.165) is 36.6 Å². The minimum absolute atomic E-state index is 0.910. The molecule has 0 saturated heterocycles. The second-order valence-electron chi connectivity index (χ2n) is 4.51. The number of thiophene rings is 2. The van der Waals surface area contributed by atoms with Gasteiger partial charge in [-0.2, -0.15) is 0 Å². The lowest BCUT2D eigenvalue weighted by Gasteiger charge is -2.07. The highest BCUT2D eigenvalue weighted by Crippen LogP contribution is 2.35. The van der Waals surface area contributed by atoms with Gasteiger partial charge in [0.25, 0.3) is 0 Å². The molecule has 0 spiro atoms. The monoisotopic (exact) mass is 372 g/mol. The Kier molecular flexibility index (Phi) is 3.33. The molecule has 5 heteroatoms. The minimum atomic E-state index is 0.910. The lowest BCUT2D eigenvalue weighted by Crippen LogP contribution is -1.93. The average molecular weight is 373 g/mol. The first-order chi connectivity index (χ1) is 10.3. The molecule has 0 radical (unpaired) electrons. The molecule has 21 heavy (non-hydrogen) atoms. The van der Waals surface area contributed by atoms with Crippen LogP contribution in [0.1, 0.15) is 0 Å². The highest BCUT2D eigenvalue weighted by molar-refractivity contribution is 9.10. The fraction of sp³-hybridized carbons (Fsp3) is 0. The standard InChI is InChI=1S/C16H9BrN2S2/c17-10-5-6-11-12(9-10)19-16(14-4-2-8-21-14)15(18-11)13-3-1-7-20-13/h1-9H. The maximum absolute atomic E-state index is 4.86. The third-order valence-electron chi connectivity index (χ3n) is 3.14. The molecule has 3 heterocycles. The first kappa shape index (κ1) is 13.1. The van der Waals surface area contributed by atoms with Crippen LogP contribution >= 0.6 is 38.6 Å². The molecule has 0 saturated carbocycles. The highest BCUT2D eigenvalue weighted by atomic mass is 79.9. The summed E-state index contributed by atoms with van der Waals surface area (Å²) in [6.45, 7) is 0. The Bertz CT molecular complexity index is 900. The first-order valence-electron chi connectivity index (χ1n) is 6.36. The van der Waals surface area contributed by atoms with Crippen molar-refractivity contribution in [1.29, 1.82) is 0 Å². The zero-order valence-corrected chi connectivity index (χ0v) is 14.0. The van der Waals surface area contributed by atoms with E-state index in [1.54, 1.807) is 22.7 Å². The molecular weight excluding hydrogens is 364 g/mol. The number of halogens is 1. The van der Waals surface area contributed by atoms with E-state index in [1.165, 1.54) is 0 Å². The molecule has 3 aromatic heterocycles. The van der Waals surface area contributed by atoms with Crippen molar-refractivity contribution < 1.29 is 0 Å². The van der Waals surface area contributed by atoms with Crippen molar-refractivity contribution in [2.45, 2.75) is 0 Å². The molecule has 2 nitrogen and oxygen atoms in total. The van der Waals surface area contributed by atoms with Crippen molar-refractivity contribution in [2.75, 3.05) is 0 Å². The van der Waals surface area contributed by atoms with Crippen LogP contribution in [0.3, 0.4) is 0 Å². The Balaban J connectivity index is 2.05. The summed E-state index contributed by atoms with van der Waals surface area (Å²) in [4.78, 5) is 12.0. The maximum Gasteiger partial charge on any atom is 0.108 e. The highest BCUT2D eigenvalue weighted by Gasteiger charge is 2.14. The molecule has 0 unspecified atom stereocenters. The molecule has 0 fully saturated rings. The van der Waals surface area contributed by atoms with Crippen molar-refractivity contribution in [3.05, 3.63) is 57.7 Å². The predicted molar refractivity (Wildman–Crippen MR) is 93.9 cm³/mol. The summed E-state index contributed by atoms with van der Waals surface area (Å²) < 4.78 is 1.02.